The number of rotatable bonds is 5. The highest BCUT2D eigenvalue weighted by Gasteiger charge is 2.09. The van der Waals surface area contributed by atoms with E-state index in [1.165, 1.54) is 12.0 Å². The van der Waals surface area contributed by atoms with Crippen LogP contribution in [0, 0.1) is 0 Å². The standard InChI is InChI=1S/C16H21NO/c1-3-5-12-6-8-13(9-7-12)15-10-11-16(18-15)14(17)4-2/h6-11,14H,3-5,17H2,1-2H3. The van der Waals surface area contributed by atoms with Crippen LogP contribution in [0.15, 0.2) is 40.8 Å². The van der Waals surface area contributed by atoms with Gasteiger partial charge in [0.05, 0.1) is 6.04 Å². The number of hydrogen-bond donors (Lipinski definition) is 1. The molecule has 0 saturated carbocycles. The number of aryl methyl sites for hydroxylation is 1. The predicted octanol–water partition coefficient (Wildman–Crippen LogP) is 4.31. The fraction of sp³-hybridized carbons (Fsp3) is 0.375. The Balaban J connectivity index is 2.18. The number of nitrogens with two attached hydrogens (primary N) is 1. The Labute approximate surface area is 109 Å². The van der Waals surface area contributed by atoms with Crippen LogP contribution in [0.1, 0.15) is 44.1 Å². The van der Waals surface area contributed by atoms with Crippen LogP contribution in [-0.4, -0.2) is 0 Å². The van der Waals surface area contributed by atoms with E-state index in [9.17, 15) is 0 Å². The number of hydrogen-bond acceptors (Lipinski definition) is 2. The van der Waals surface area contributed by atoms with E-state index in [-0.39, 0.29) is 6.04 Å². The van der Waals surface area contributed by atoms with Gasteiger partial charge in [-0.15, -0.1) is 0 Å². The molecule has 1 heterocycles. The van der Waals surface area contributed by atoms with Crippen molar-refractivity contribution in [1.82, 2.24) is 0 Å². The second-order valence-corrected chi connectivity index (χ2v) is 4.66. The molecule has 96 valence electrons. The SMILES string of the molecule is CCCc1ccc(-c2ccc(C(N)CC)o2)cc1. The van der Waals surface area contributed by atoms with Crippen LogP contribution in [0.2, 0.25) is 0 Å². The van der Waals surface area contributed by atoms with Crippen molar-refractivity contribution in [3.8, 4) is 11.3 Å². The summed E-state index contributed by atoms with van der Waals surface area (Å²) in [6.45, 7) is 4.26. The Hall–Kier alpha value is -1.54. The van der Waals surface area contributed by atoms with Gasteiger partial charge >= 0.3 is 0 Å². The molecule has 1 atom stereocenters. The second-order valence-electron chi connectivity index (χ2n) is 4.66. The Bertz CT molecular complexity index is 484. The topological polar surface area (TPSA) is 39.2 Å². The zero-order valence-corrected chi connectivity index (χ0v) is 11.1. The second kappa shape index (κ2) is 5.87. The summed E-state index contributed by atoms with van der Waals surface area (Å²) < 4.78 is 5.80. The van der Waals surface area contributed by atoms with E-state index < -0.39 is 0 Å². The lowest BCUT2D eigenvalue weighted by molar-refractivity contribution is 0.470. The highest BCUT2D eigenvalue weighted by molar-refractivity contribution is 5.58. The maximum Gasteiger partial charge on any atom is 0.134 e. The highest BCUT2D eigenvalue weighted by Crippen LogP contribution is 2.26. The maximum absolute atomic E-state index is 5.96. The molecule has 0 saturated heterocycles. The van der Waals surface area contributed by atoms with Crippen molar-refractivity contribution in [1.29, 1.82) is 0 Å². The molecule has 2 rings (SSSR count). The van der Waals surface area contributed by atoms with Gasteiger partial charge in [-0.25, -0.2) is 0 Å². The van der Waals surface area contributed by atoms with Gasteiger partial charge in [0.2, 0.25) is 0 Å². The normalized spacial score (nSPS) is 12.6. The van der Waals surface area contributed by atoms with Crippen LogP contribution in [-0.2, 0) is 6.42 Å². The lowest BCUT2D eigenvalue weighted by Gasteiger charge is -2.04. The lowest BCUT2D eigenvalue weighted by Crippen LogP contribution is -2.06. The van der Waals surface area contributed by atoms with Crippen molar-refractivity contribution in [2.24, 2.45) is 5.73 Å². The fourth-order valence-electron chi connectivity index (χ4n) is 2.03. The Morgan fingerprint density at radius 2 is 1.78 bits per heavy atom. The molecular formula is C16H21NO. The van der Waals surface area contributed by atoms with Crippen molar-refractivity contribution in [3.63, 3.8) is 0 Å². The minimum absolute atomic E-state index is 0.00175. The summed E-state index contributed by atoms with van der Waals surface area (Å²) in [5, 5.41) is 0. The fourth-order valence-corrected chi connectivity index (χ4v) is 2.03. The lowest BCUT2D eigenvalue weighted by atomic mass is 10.1. The van der Waals surface area contributed by atoms with Gasteiger partial charge in [0.15, 0.2) is 0 Å². The van der Waals surface area contributed by atoms with Crippen molar-refractivity contribution >= 4 is 0 Å². The molecule has 0 aliphatic carbocycles. The molecule has 0 radical (unpaired) electrons. The Morgan fingerprint density at radius 1 is 1.06 bits per heavy atom. The number of furan rings is 1. The zero-order chi connectivity index (χ0) is 13.0. The van der Waals surface area contributed by atoms with E-state index in [1.807, 2.05) is 12.1 Å². The van der Waals surface area contributed by atoms with E-state index in [0.29, 0.717) is 0 Å². The van der Waals surface area contributed by atoms with Gasteiger partial charge in [-0.1, -0.05) is 44.5 Å². The average Bonchev–Trinajstić information content (AvgIpc) is 2.89. The van der Waals surface area contributed by atoms with Crippen molar-refractivity contribution in [3.05, 3.63) is 47.7 Å². The van der Waals surface area contributed by atoms with Crippen molar-refractivity contribution < 1.29 is 4.42 Å². The first-order valence-electron chi connectivity index (χ1n) is 6.69. The van der Waals surface area contributed by atoms with E-state index in [1.54, 1.807) is 0 Å². The van der Waals surface area contributed by atoms with Gasteiger partial charge in [0.25, 0.3) is 0 Å². The Kier molecular flexibility index (Phi) is 4.21. The van der Waals surface area contributed by atoms with Crippen LogP contribution in [0.5, 0.6) is 0 Å². The Morgan fingerprint density at radius 3 is 2.39 bits per heavy atom. The summed E-state index contributed by atoms with van der Waals surface area (Å²) >= 11 is 0. The molecule has 1 unspecified atom stereocenters. The first-order valence-corrected chi connectivity index (χ1v) is 6.69. The van der Waals surface area contributed by atoms with Gasteiger partial charge in [0, 0.05) is 5.56 Å². The molecule has 2 N–H and O–H groups in total. The third kappa shape index (κ3) is 2.82. The first kappa shape index (κ1) is 12.9. The van der Waals surface area contributed by atoms with Crippen LogP contribution in [0.4, 0.5) is 0 Å². The average molecular weight is 243 g/mol. The molecule has 0 spiro atoms. The van der Waals surface area contributed by atoms with Gasteiger partial charge in [-0.2, -0.15) is 0 Å². The molecule has 2 nitrogen and oxygen atoms in total. The van der Waals surface area contributed by atoms with E-state index in [4.69, 9.17) is 10.2 Å². The molecule has 0 bridgehead atoms. The highest BCUT2D eigenvalue weighted by atomic mass is 16.3. The van der Waals surface area contributed by atoms with Gasteiger partial charge in [0.1, 0.15) is 11.5 Å². The third-order valence-corrected chi connectivity index (χ3v) is 3.21. The first-order chi connectivity index (χ1) is 8.74. The molecule has 1 aromatic heterocycles. The van der Waals surface area contributed by atoms with Crippen molar-refractivity contribution in [2.75, 3.05) is 0 Å². The molecule has 2 aromatic rings. The minimum Gasteiger partial charge on any atom is -0.459 e. The maximum atomic E-state index is 5.96. The molecule has 1 aromatic carbocycles. The largest absolute Gasteiger partial charge is 0.459 e. The van der Waals surface area contributed by atoms with Crippen LogP contribution < -0.4 is 5.73 Å². The molecule has 2 heteroatoms. The van der Waals surface area contributed by atoms with Gasteiger partial charge in [-0.3, -0.25) is 0 Å². The quantitative estimate of drug-likeness (QED) is 0.850. The third-order valence-electron chi connectivity index (χ3n) is 3.21. The molecule has 18 heavy (non-hydrogen) atoms. The summed E-state index contributed by atoms with van der Waals surface area (Å²) in [5.74, 6) is 1.77. The van der Waals surface area contributed by atoms with Gasteiger partial charge < -0.3 is 10.2 Å². The summed E-state index contributed by atoms with van der Waals surface area (Å²) in [7, 11) is 0. The zero-order valence-electron chi connectivity index (χ0n) is 11.1. The molecular weight excluding hydrogens is 222 g/mol. The molecule has 0 fully saturated rings. The van der Waals surface area contributed by atoms with Crippen LogP contribution in [0.3, 0.4) is 0 Å². The smallest absolute Gasteiger partial charge is 0.134 e. The summed E-state index contributed by atoms with van der Waals surface area (Å²) in [5.41, 5.74) is 8.44. The summed E-state index contributed by atoms with van der Waals surface area (Å²) in [4.78, 5) is 0. The summed E-state index contributed by atoms with van der Waals surface area (Å²) in [6, 6.07) is 12.5. The molecule has 0 aliphatic rings. The van der Waals surface area contributed by atoms with Gasteiger partial charge in [-0.05, 0) is 30.5 Å². The van der Waals surface area contributed by atoms with Crippen LogP contribution >= 0.6 is 0 Å². The molecule has 0 aliphatic heterocycles. The van der Waals surface area contributed by atoms with Crippen LogP contribution in [0.25, 0.3) is 11.3 Å². The van der Waals surface area contributed by atoms with E-state index in [2.05, 4.69) is 38.1 Å². The predicted molar refractivity (Wildman–Crippen MR) is 75.4 cm³/mol. The minimum atomic E-state index is -0.00175. The summed E-state index contributed by atoms with van der Waals surface area (Å²) in [6.07, 6.45) is 3.20. The molecule has 0 amide bonds. The van der Waals surface area contributed by atoms with E-state index in [0.717, 1.165) is 29.9 Å². The monoisotopic (exact) mass is 243 g/mol. The van der Waals surface area contributed by atoms with E-state index >= 15 is 0 Å². The number of benzene rings is 1. The van der Waals surface area contributed by atoms with Crippen molar-refractivity contribution in [2.45, 2.75) is 39.2 Å².